The Bertz CT molecular complexity index is 1820. The highest BCUT2D eigenvalue weighted by Crippen LogP contribution is 2.47. The molecule has 5 rings (SSSR count). The summed E-state index contributed by atoms with van der Waals surface area (Å²) in [4.78, 5) is 16.7. The maximum Gasteiger partial charge on any atom is 0.264 e. The standard InChI is InChI=1S/C27H25NO8S4/c29-26-19(15-24-18(8-5-13-39(31,32)33)17-7-1-3-10-22(17)37-24)27(30)20(26)16-25-28(12-6-14-40(34,35)36)21-9-2-4-11-23(21)38-25/h1-4,7,9-11,15-16,29H,5-6,8,12-14H2,(H,31,32,33)(H,34,35,36)/b19-15?,25-16-. The number of anilines is 1. The number of hydrogen-bond acceptors (Lipinski definition) is 9. The summed E-state index contributed by atoms with van der Waals surface area (Å²) in [5.74, 6) is -1.28. The fourth-order valence-electron chi connectivity index (χ4n) is 4.68. The molecule has 0 fully saturated rings. The monoisotopic (exact) mass is 619 g/mol. The van der Waals surface area contributed by atoms with Gasteiger partial charge < -0.3 is 10.0 Å². The predicted molar refractivity (Wildman–Crippen MR) is 158 cm³/mol. The van der Waals surface area contributed by atoms with Crippen LogP contribution in [0.2, 0.25) is 0 Å². The van der Waals surface area contributed by atoms with Crippen LogP contribution in [0.1, 0.15) is 23.3 Å². The number of Topliss-reactive ketones (excluding diaryl/α,β-unsaturated/α-hetero) is 1. The van der Waals surface area contributed by atoms with Gasteiger partial charge in [-0.1, -0.05) is 42.1 Å². The molecule has 1 aliphatic carbocycles. The molecule has 1 aliphatic heterocycles. The van der Waals surface area contributed by atoms with Gasteiger partial charge in [0, 0.05) is 21.0 Å². The normalized spacial score (nSPS) is 17.8. The van der Waals surface area contributed by atoms with Crippen molar-refractivity contribution >= 4 is 71.0 Å². The van der Waals surface area contributed by atoms with Crippen molar-refractivity contribution in [2.24, 2.45) is 0 Å². The number of ketones is 1. The number of carbonyl (C=O) groups excluding carboxylic acids is 1. The zero-order chi connectivity index (χ0) is 28.7. The van der Waals surface area contributed by atoms with Crippen LogP contribution in [0, 0.1) is 0 Å². The molecule has 0 saturated heterocycles. The fraction of sp³-hybridized carbons (Fsp3) is 0.222. The van der Waals surface area contributed by atoms with E-state index in [2.05, 4.69) is 0 Å². The molecular formula is C27H25NO8S4. The highest BCUT2D eigenvalue weighted by molar-refractivity contribution is 8.03. The molecule has 40 heavy (non-hydrogen) atoms. The van der Waals surface area contributed by atoms with Crippen LogP contribution in [-0.4, -0.2) is 54.9 Å². The number of aryl methyl sites for hydroxylation is 1. The number of hydrogen-bond donors (Lipinski definition) is 3. The van der Waals surface area contributed by atoms with E-state index in [-0.39, 0.29) is 47.8 Å². The SMILES string of the molecule is O=C1C(=Cc2sc3ccccc3c2CCCS(=O)(=O)O)C(O)=C1/C=C1\Sc2ccccc2N1CCCS(=O)(=O)O. The van der Waals surface area contributed by atoms with Gasteiger partial charge in [-0.15, -0.1) is 11.3 Å². The summed E-state index contributed by atoms with van der Waals surface area (Å²) in [5, 5.41) is 12.5. The summed E-state index contributed by atoms with van der Waals surface area (Å²) < 4.78 is 64.1. The molecule has 13 heteroatoms. The van der Waals surface area contributed by atoms with E-state index < -0.39 is 26.0 Å². The first-order chi connectivity index (χ1) is 18.9. The van der Waals surface area contributed by atoms with Crippen LogP contribution in [0.15, 0.2) is 81.4 Å². The van der Waals surface area contributed by atoms with Crippen molar-refractivity contribution in [3.05, 3.63) is 87.0 Å². The Labute approximate surface area is 240 Å². The van der Waals surface area contributed by atoms with Crippen LogP contribution in [0.3, 0.4) is 0 Å². The third kappa shape index (κ3) is 6.19. The van der Waals surface area contributed by atoms with Gasteiger partial charge in [0.05, 0.1) is 33.4 Å². The largest absolute Gasteiger partial charge is 0.506 e. The molecule has 0 saturated carbocycles. The second kappa shape index (κ2) is 11.1. The maximum absolute atomic E-state index is 13.2. The number of fused-ring (bicyclic) bond motifs is 2. The van der Waals surface area contributed by atoms with Gasteiger partial charge in [-0.05, 0) is 60.6 Å². The zero-order valence-electron chi connectivity index (χ0n) is 21.0. The first-order valence-electron chi connectivity index (χ1n) is 12.3. The van der Waals surface area contributed by atoms with E-state index in [0.29, 0.717) is 11.4 Å². The summed E-state index contributed by atoms with van der Waals surface area (Å²) in [6.07, 6.45) is 3.94. The Kier molecular flexibility index (Phi) is 7.97. The molecule has 2 aliphatic rings. The van der Waals surface area contributed by atoms with Crippen molar-refractivity contribution in [1.82, 2.24) is 0 Å². The first kappa shape index (κ1) is 28.6. The molecule has 0 atom stereocenters. The average Bonchev–Trinajstić information content (AvgIpc) is 3.42. The molecule has 0 spiro atoms. The number of allylic oxidation sites excluding steroid dienone is 3. The number of nitrogens with zero attached hydrogens (tertiary/aromatic N) is 1. The van der Waals surface area contributed by atoms with E-state index in [9.17, 15) is 26.7 Å². The van der Waals surface area contributed by atoms with Crippen LogP contribution in [0.4, 0.5) is 5.69 Å². The van der Waals surface area contributed by atoms with Crippen LogP contribution in [-0.2, 0) is 31.5 Å². The van der Waals surface area contributed by atoms with Gasteiger partial charge in [-0.25, -0.2) is 0 Å². The number of thioether (sulfide) groups is 1. The lowest BCUT2D eigenvalue weighted by Crippen LogP contribution is -2.24. The quantitative estimate of drug-likeness (QED) is 0.203. The molecule has 0 unspecified atom stereocenters. The number of aliphatic hydroxyl groups is 1. The average molecular weight is 620 g/mol. The summed E-state index contributed by atoms with van der Waals surface area (Å²) >= 11 is 2.83. The van der Waals surface area contributed by atoms with E-state index in [1.807, 2.05) is 53.4 Å². The molecule has 1 aromatic heterocycles. The molecule has 0 radical (unpaired) electrons. The van der Waals surface area contributed by atoms with Gasteiger partial charge in [0.15, 0.2) is 0 Å². The van der Waals surface area contributed by atoms with Gasteiger partial charge >= 0.3 is 0 Å². The van der Waals surface area contributed by atoms with Gasteiger partial charge in [-0.2, -0.15) is 16.8 Å². The minimum atomic E-state index is -4.11. The van der Waals surface area contributed by atoms with Crippen LogP contribution < -0.4 is 4.90 Å². The lowest BCUT2D eigenvalue weighted by Gasteiger charge is -2.23. The van der Waals surface area contributed by atoms with E-state index in [1.54, 1.807) is 12.2 Å². The van der Waals surface area contributed by atoms with E-state index >= 15 is 0 Å². The summed E-state index contributed by atoms with van der Waals surface area (Å²) in [6.45, 7) is 0.287. The highest BCUT2D eigenvalue weighted by atomic mass is 32.2. The van der Waals surface area contributed by atoms with Gasteiger partial charge in [0.1, 0.15) is 5.76 Å². The third-order valence-corrected chi connectivity index (χ3v) is 10.4. The van der Waals surface area contributed by atoms with Gasteiger partial charge in [0.25, 0.3) is 20.2 Å². The minimum absolute atomic E-state index is 0.135. The Hall–Kier alpha value is -2.94. The van der Waals surface area contributed by atoms with E-state index in [0.717, 1.165) is 31.1 Å². The lowest BCUT2D eigenvalue weighted by atomic mass is 9.87. The topological polar surface area (TPSA) is 149 Å². The Balaban J connectivity index is 1.44. The van der Waals surface area contributed by atoms with Crippen molar-refractivity contribution in [1.29, 1.82) is 0 Å². The fourth-order valence-corrected chi connectivity index (χ4v) is 8.02. The summed E-state index contributed by atoms with van der Waals surface area (Å²) in [5.41, 5.74) is 1.97. The molecule has 0 amide bonds. The molecular weight excluding hydrogens is 595 g/mol. The molecule has 210 valence electrons. The third-order valence-electron chi connectivity index (χ3n) is 6.52. The first-order valence-corrected chi connectivity index (χ1v) is 17.1. The number of para-hydroxylation sites is 1. The number of aliphatic hydroxyl groups excluding tert-OH is 1. The number of rotatable bonds is 10. The van der Waals surface area contributed by atoms with E-state index in [1.165, 1.54) is 23.1 Å². The van der Waals surface area contributed by atoms with Crippen molar-refractivity contribution in [3.63, 3.8) is 0 Å². The lowest BCUT2D eigenvalue weighted by molar-refractivity contribution is -0.113. The van der Waals surface area contributed by atoms with Crippen molar-refractivity contribution in [2.75, 3.05) is 23.0 Å². The van der Waals surface area contributed by atoms with Crippen molar-refractivity contribution in [3.8, 4) is 0 Å². The smallest absolute Gasteiger partial charge is 0.264 e. The number of carbonyl (C=O) groups is 1. The molecule has 0 bridgehead atoms. The van der Waals surface area contributed by atoms with Crippen LogP contribution >= 0.6 is 23.1 Å². The molecule has 3 N–H and O–H groups in total. The van der Waals surface area contributed by atoms with E-state index in [4.69, 9.17) is 9.11 Å². The van der Waals surface area contributed by atoms with Crippen LogP contribution in [0.5, 0.6) is 0 Å². The summed E-state index contributed by atoms with van der Waals surface area (Å²) in [6, 6.07) is 15.1. The van der Waals surface area contributed by atoms with Crippen molar-refractivity contribution < 1.29 is 35.8 Å². The molecule has 2 heterocycles. The van der Waals surface area contributed by atoms with Crippen LogP contribution in [0.25, 0.3) is 16.2 Å². The second-order valence-corrected chi connectivity index (χ2v) is 14.6. The van der Waals surface area contributed by atoms with Crippen molar-refractivity contribution in [2.45, 2.75) is 24.2 Å². The molecule has 3 aromatic rings. The van der Waals surface area contributed by atoms with Gasteiger partial charge in [0.2, 0.25) is 5.78 Å². The molecule has 2 aromatic carbocycles. The Morgan fingerprint density at radius 3 is 2.27 bits per heavy atom. The number of benzene rings is 2. The number of thiophene rings is 1. The summed E-state index contributed by atoms with van der Waals surface area (Å²) in [7, 11) is -8.22. The second-order valence-electron chi connectivity index (χ2n) is 9.32. The zero-order valence-corrected chi connectivity index (χ0v) is 24.2. The Morgan fingerprint density at radius 1 is 0.875 bits per heavy atom. The maximum atomic E-state index is 13.2. The minimum Gasteiger partial charge on any atom is -0.506 e. The highest BCUT2D eigenvalue weighted by Gasteiger charge is 2.35. The predicted octanol–water partition coefficient (Wildman–Crippen LogP) is 5.23. The Morgan fingerprint density at radius 2 is 1.55 bits per heavy atom. The van der Waals surface area contributed by atoms with Gasteiger partial charge in [-0.3, -0.25) is 13.9 Å². The molecule has 9 nitrogen and oxygen atoms in total.